The van der Waals surface area contributed by atoms with Gasteiger partial charge in [0.2, 0.25) is 0 Å². The second-order valence-corrected chi connectivity index (χ2v) is 5.82. The topological polar surface area (TPSA) is 21.3 Å². The van der Waals surface area contributed by atoms with Crippen molar-refractivity contribution in [2.24, 2.45) is 5.92 Å². The highest BCUT2D eigenvalue weighted by Crippen LogP contribution is 2.25. The molecule has 1 N–H and O–H groups in total. The maximum Gasteiger partial charge on any atom is 0.0510 e. The Bertz CT molecular complexity index is 355. The van der Waals surface area contributed by atoms with E-state index in [1.807, 2.05) is 37.0 Å². The lowest BCUT2D eigenvalue weighted by atomic mass is 10.0. The van der Waals surface area contributed by atoms with Crippen LogP contribution in [0.5, 0.6) is 0 Å². The van der Waals surface area contributed by atoms with Crippen LogP contribution in [0.4, 0.5) is 0 Å². The highest BCUT2D eigenvalue weighted by Gasteiger charge is 2.24. The van der Waals surface area contributed by atoms with Gasteiger partial charge in [0.25, 0.3) is 0 Å². The lowest BCUT2D eigenvalue weighted by Gasteiger charge is -2.21. The highest BCUT2D eigenvalue weighted by molar-refractivity contribution is 7.99. The predicted octanol–water partition coefficient (Wildman–Crippen LogP) is 3.06. The third-order valence-corrected chi connectivity index (χ3v) is 4.48. The minimum absolute atomic E-state index is 0.515. The van der Waals surface area contributed by atoms with Crippen LogP contribution in [0.2, 0.25) is 5.02 Å². The molecule has 1 saturated heterocycles. The maximum absolute atomic E-state index is 5.97. The molecule has 1 aliphatic rings. The molecule has 17 heavy (non-hydrogen) atoms. The molecule has 1 aliphatic heterocycles. The van der Waals surface area contributed by atoms with Gasteiger partial charge in [0.15, 0.2) is 0 Å². The molecule has 1 fully saturated rings. The van der Waals surface area contributed by atoms with Gasteiger partial charge in [0.1, 0.15) is 0 Å². The van der Waals surface area contributed by atoms with Crippen molar-refractivity contribution in [2.45, 2.75) is 17.4 Å². The van der Waals surface area contributed by atoms with Crippen LogP contribution in [0.1, 0.15) is 6.42 Å². The van der Waals surface area contributed by atoms with E-state index in [0.717, 1.165) is 24.0 Å². The number of nitrogens with one attached hydrogen (secondary N) is 1. The molecular formula is C13H18ClNOS. The molecule has 0 spiro atoms. The van der Waals surface area contributed by atoms with Crippen molar-refractivity contribution in [1.29, 1.82) is 0 Å². The summed E-state index contributed by atoms with van der Waals surface area (Å²) in [6.07, 6.45) is 1.17. The van der Waals surface area contributed by atoms with Gasteiger partial charge in [-0.25, -0.2) is 0 Å². The molecule has 0 aromatic heterocycles. The van der Waals surface area contributed by atoms with Gasteiger partial charge in [0.05, 0.1) is 6.61 Å². The van der Waals surface area contributed by atoms with Gasteiger partial charge >= 0.3 is 0 Å². The standard InChI is InChI=1S/C13H18ClNOS/c1-15-13(10-5-6-16-8-10)9-17-12-4-2-3-11(14)7-12/h2-4,7,10,13,15H,5-6,8-9H2,1H3. The number of hydrogen-bond donors (Lipinski definition) is 1. The van der Waals surface area contributed by atoms with Crippen LogP contribution in [-0.4, -0.2) is 32.1 Å². The Labute approximate surface area is 112 Å². The van der Waals surface area contributed by atoms with E-state index >= 15 is 0 Å². The first-order valence-corrected chi connectivity index (χ1v) is 7.29. The largest absolute Gasteiger partial charge is 0.381 e. The predicted molar refractivity (Wildman–Crippen MR) is 73.9 cm³/mol. The van der Waals surface area contributed by atoms with Crippen molar-refractivity contribution < 1.29 is 4.74 Å². The molecule has 4 heteroatoms. The molecule has 2 nitrogen and oxygen atoms in total. The minimum atomic E-state index is 0.515. The number of ether oxygens (including phenoxy) is 1. The third-order valence-electron chi connectivity index (χ3n) is 3.13. The summed E-state index contributed by atoms with van der Waals surface area (Å²) in [6, 6.07) is 8.55. The Morgan fingerprint density at radius 1 is 1.59 bits per heavy atom. The normalized spacial score (nSPS) is 21.6. The van der Waals surface area contributed by atoms with Crippen molar-refractivity contribution in [2.75, 3.05) is 26.0 Å². The summed E-state index contributed by atoms with van der Waals surface area (Å²) in [5, 5.41) is 4.20. The molecule has 0 radical (unpaired) electrons. The molecular weight excluding hydrogens is 254 g/mol. The van der Waals surface area contributed by atoms with E-state index < -0.39 is 0 Å². The van der Waals surface area contributed by atoms with E-state index in [9.17, 15) is 0 Å². The van der Waals surface area contributed by atoms with E-state index in [0.29, 0.717) is 12.0 Å². The van der Waals surface area contributed by atoms with Crippen LogP contribution in [0.25, 0.3) is 0 Å². The number of benzene rings is 1. The Hall–Kier alpha value is -0.220. The molecule has 0 saturated carbocycles. The zero-order chi connectivity index (χ0) is 12.1. The fourth-order valence-electron chi connectivity index (χ4n) is 2.07. The van der Waals surface area contributed by atoms with Crippen molar-refractivity contribution in [3.63, 3.8) is 0 Å². The van der Waals surface area contributed by atoms with Crippen LogP contribution >= 0.6 is 23.4 Å². The summed E-state index contributed by atoms with van der Waals surface area (Å²) >= 11 is 7.82. The van der Waals surface area contributed by atoms with Gasteiger partial charge in [-0.15, -0.1) is 11.8 Å². The summed E-state index contributed by atoms with van der Waals surface area (Å²) in [4.78, 5) is 1.23. The first-order valence-electron chi connectivity index (χ1n) is 5.93. The third kappa shape index (κ3) is 3.88. The monoisotopic (exact) mass is 271 g/mol. The molecule has 1 aromatic rings. The summed E-state index contributed by atoms with van der Waals surface area (Å²) in [6.45, 7) is 1.80. The SMILES string of the molecule is CNC(CSc1cccc(Cl)c1)C1CCOC1. The van der Waals surface area contributed by atoms with Crippen molar-refractivity contribution >= 4 is 23.4 Å². The quantitative estimate of drug-likeness (QED) is 0.832. The first-order chi connectivity index (χ1) is 8.29. The Morgan fingerprint density at radius 2 is 2.47 bits per heavy atom. The van der Waals surface area contributed by atoms with Gasteiger partial charge in [0, 0.05) is 34.2 Å². The molecule has 2 unspecified atom stereocenters. The Balaban J connectivity index is 1.87. The molecule has 0 bridgehead atoms. The second-order valence-electron chi connectivity index (χ2n) is 4.29. The average Bonchev–Trinajstić information content (AvgIpc) is 2.84. The Morgan fingerprint density at radius 3 is 3.12 bits per heavy atom. The minimum Gasteiger partial charge on any atom is -0.381 e. The smallest absolute Gasteiger partial charge is 0.0510 e. The summed E-state index contributed by atoms with van der Waals surface area (Å²) < 4.78 is 5.44. The zero-order valence-corrected chi connectivity index (χ0v) is 11.6. The Kier molecular flexibility index (Phi) is 5.16. The molecule has 0 amide bonds. The molecule has 94 valence electrons. The van der Waals surface area contributed by atoms with Gasteiger partial charge in [-0.2, -0.15) is 0 Å². The lowest BCUT2D eigenvalue weighted by molar-refractivity contribution is 0.180. The molecule has 0 aliphatic carbocycles. The van der Waals surface area contributed by atoms with Gasteiger partial charge in [-0.3, -0.25) is 0 Å². The van der Waals surface area contributed by atoms with Crippen LogP contribution in [0.3, 0.4) is 0 Å². The summed E-state index contributed by atoms with van der Waals surface area (Å²) in [5.41, 5.74) is 0. The molecule has 2 rings (SSSR count). The van der Waals surface area contributed by atoms with E-state index in [1.54, 1.807) is 0 Å². The number of rotatable bonds is 5. The van der Waals surface area contributed by atoms with E-state index in [1.165, 1.54) is 11.3 Å². The van der Waals surface area contributed by atoms with Crippen LogP contribution in [0, 0.1) is 5.92 Å². The van der Waals surface area contributed by atoms with Crippen molar-refractivity contribution in [1.82, 2.24) is 5.32 Å². The van der Waals surface area contributed by atoms with Crippen molar-refractivity contribution in [3.8, 4) is 0 Å². The molecule has 1 aromatic carbocycles. The van der Waals surface area contributed by atoms with Gasteiger partial charge in [-0.05, 0) is 31.7 Å². The van der Waals surface area contributed by atoms with E-state index in [-0.39, 0.29) is 0 Å². The van der Waals surface area contributed by atoms with E-state index in [2.05, 4.69) is 11.4 Å². The number of thioether (sulfide) groups is 1. The second kappa shape index (κ2) is 6.64. The maximum atomic E-state index is 5.97. The summed E-state index contributed by atoms with van der Waals surface area (Å²) in [5.74, 6) is 1.71. The first kappa shape index (κ1) is 13.2. The fraction of sp³-hybridized carbons (Fsp3) is 0.538. The van der Waals surface area contributed by atoms with E-state index in [4.69, 9.17) is 16.3 Å². The van der Waals surface area contributed by atoms with Crippen LogP contribution < -0.4 is 5.32 Å². The molecule has 1 heterocycles. The fourth-order valence-corrected chi connectivity index (χ4v) is 3.52. The summed E-state index contributed by atoms with van der Waals surface area (Å²) in [7, 11) is 2.03. The zero-order valence-electron chi connectivity index (χ0n) is 9.99. The number of halogens is 1. The highest BCUT2D eigenvalue weighted by atomic mass is 35.5. The lowest BCUT2D eigenvalue weighted by Crippen LogP contribution is -2.36. The molecule has 2 atom stereocenters. The van der Waals surface area contributed by atoms with Crippen molar-refractivity contribution in [3.05, 3.63) is 29.3 Å². The average molecular weight is 272 g/mol. The van der Waals surface area contributed by atoms with Gasteiger partial charge in [-0.1, -0.05) is 17.7 Å². The van der Waals surface area contributed by atoms with Crippen LogP contribution in [-0.2, 0) is 4.74 Å². The van der Waals surface area contributed by atoms with Crippen LogP contribution in [0.15, 0.2) is 29.2 Å². The van der Waals surface area contributed by atoms with Gasteiger partial charge < -0.3 is 10.1 Å². The number of hydrogen-bond acceptors (Lipinski definition) is 3.